The lowest BCUT2D eigenvalue weighted by molar-refractivity contribution is 0.0933. The molecule has 0 saturated heterocycles. The molecule has 8 nitrogen and oxygen atoms in total. The molecular formula is C28H26N6O2. The number of carbonyl (C=O) groups is 1. The standard InChI is InChI=1S/C28H26N6O2/c29-28(12-4-13-28)20-9-7-19(8-10-20)24-21(18-5-2-1-3-6-18)17-22-23(31-24)11-15-34-25(22)32-33-26(34)27(36)30-14-16-35/h1-3,5-11,15,17,35H,4,12-14,16,29H2,(H,30,36). The van der Waals surface area contributed by atoms with E-state index >= 15 is 0 Å². The van der Waals surface area contributed by atoms with Crippen molar-refractivity contribution in [2.45, 2.75) is 24.8 Å². The number of hydrogen-bond donors (Lipinski definition) is 3. The molecule has 1 amide bonds. The van der Waals surface area contributed by atoms with E-state index in [1.54, 1.807) is 10.6 Å². The fourth-order valence-electron chi connectivity index (χ4n) is 4.86. The summed E-state index contributed by atoms with van der Waals surface area (Å²) in [6.07, 6.45) is 4.96. The van der Waals surface area contributed by atoms with E-state index in [0.29, 0.717) is 5.65 Å². The minimum atomic E-state index is -0.395. The Morgan fingerprint density at radius 1 is 1.03 bits per heavy atom. The summed E-state index contributed by atoms with van der Waals surface area (Å²) in [6.45, 7) is 0.000246. The molecule has 8 heteroatoms. The Balaban J connectivity index is 1.51. The Morgan fingerprint density at radius 2 is 1.81 bits per heavy atom. The minimum absolute atomic E-state index is 0.147. The number of rotatable bonds is 6. The van der Waals surface area contributed by atoms with Gasteiger partial charge in [-0.2, -0.15) is 0 Å². The molecule has 180 valence electrons. The number of nitrogens with one attached hydrogen (secondary N) is 1. The van der Waals surface area contributed by atoms with Crippen molar-refractivity contribution in [3.63, 3.8) is 0 Å². The molecule has 1 fully saturated rings. The topological polar surface area (TPSA) is 118 Å². The molecule has 36 heavy (non-hydrogen) atoms. The number of aromatic nitrogens is 4. The van der Waals surface area contributed by atoms with E-state index < -0.39 is 5.91 Å². The van der Waals surface area contributed by atoms with Gasteiger partial charge < -0.3 is 16.2 Å². The second kappa shape index (κ2) is 8.82. The lowest BCUT2D eigenvalue weighted by Crippen LogP contribution is -2.43. The Labute approximate surface area is 207 Å². The Hall–Kier alpha value is -4.14. The van der Waals surface area contributed by atoms with Gasteiger partial charge in [-0.05, 0) is 42.5 Å². The van der Waals surface area contributed by atoms with Crippen LogP contribution in [0.5, 0.6) is 0 Å². The largest absolute Gasteiger partial charge is 0.395 e. The quantitative estimate of drug-likeness (QED) is 0.343. The summed E-state index contributed by atoms with van der Waals surface area (Å²) in [5, 5.41) is 20.9. The second-order valence-corrected chi connectivity index (χ2v) is 9.28. The number of pyridine rings is 2. The first-order valence-electron chi connectivity index (χ1n) is 12.1. The third kappa shape index (κ3) is 3.71. The van der Waals surface area contributed by atoms with Crippen LogP contribution in [0.3, 0.4) is 0 Å². The normalized spacial score (nSPS) is 14.6. The maximum Gasteiger partial charge on any atom is 0.289 e. The van der Waals surface area contributed by atoms with Crippen molar-refractivity contribution in [3.05, 3.63) is 84.3 Å². The van der Waals surface area contributed by atoms with Crippen LogP contribution in [0.1, 0.15) is 35.4 Å². The molecule has 6 rings (SSSR count). The summed E-state index contributed by atoms with van der Waals surface area (Å²) in [7, 11) is 0. The van der Waals surface area contributed by atoms with Gasteiger partial charge in [0, 0.05) is 34.8 Å². The molecule has 0 radical (unpaired) electrons. The van der Waals surface area contributed by atoms with Crippen LogP contribution in [0.4, 0.5) is 0 Å². The summed E-state index contributed by atoms with van der Waals surface area (Å²) < 4.78 is 1.65. The second-order valence-electron chi connectivity index (χ2n) is 9.28. The minimum Gasteiger partial charge on any atom is -0.395 e. The number of aliphatic hydroxyl groups is 1. The van der Waals surface area contributed by atoms with Crippen molar-refractivity contribution in [1.82, 2.24) is 24.9 Å². The molecule has 0 atom stereocenters. The number of benzene rings is 2. The van der Waals surface area contributed by atoms with Crippen LogP contribution < -0.4 is 11.1 Å². The van der Waals surface area contributed by atoms with Gasteiger partial charge in [0.05, 0.1) is 17.8 Å². The van der Waals surface area contributed by atoms with E-state index in [-0.39, 0.29) is 24.5 Å². The highest BCUT2D eigenvalue weighted by Crippen LogP contribution is 2.40. The van der Waals surface area contributed by atoms with Crippen molar-refractivity contribution in [1.29, 1.82) is 0 Å². The predicted molar refractivity (Wildman–Crippen MR) is 138 cm³/mol. The van der Waals surface area contributed by atoms with Gasteiger partial charge in [0.2, 0.25) is 5.82 Å². The van der Waals surface area contributed by atoms with E-state index in [4.69, 9.17) is 15.8 Å². The lowest BCUT2D eigenvalue weighted by Gasteiger charge is -2.38. The Morgan fingerprint density at radius 3 is 2.50 bits per heavy atom. The summed E-state index contributed by atoms with van der Waals surface area (Å²) in [6, 6.07) is 22.5. The highest BCUT2D eigenvalue weighted by molar-refractivity contribution is 6.00. The number of hydrogen-bond acceptors (Lipinski definition) is 6. The summed E-state index contributed by atoms with van der Waals surface area (Å²) in [5.41, 5.74) is 12.7. The number of fused-ring (bicyclic) bond motifs is 3. The molecule has 5 aromatic rings. The van der Waals surface area contributed by atoms with Crippen molar-refractivity contribution in [2.24, 2.45) is 5.73 Å². The van der Waals surface area contributed by atoms with Crippen molar-refractivity contribution in [3.8, 4) is 22.4 Å². The maximum atomic E-state index is 12.5. The van der Waals surface area contributed by atoms with Crippen LogP contribution in [0.15, 0.2) is 72.9 Å². The van der Waals surface area contributed by atoms with Gasteiger partial charge in [0.15, 0.2) is 5.65 Å². The molecule has 0 unspecified atom stereocenters. The van der Waals surface area contributed by atoms with Crippen LogP contribution in [0.25, 0.3) is 38.9 Å². The fraction of sp³-hybridized carbons (Fsp3) is 0.214. The highest BCUT2D eigenvalue weighted by atomic mass is 16.3. The molecule has 0 spiro atoms. The van der Waals surface area contributed by atoms with Gasteiger partial charge in [-0.3, -0.25) is 9.20 Å². The number of aliphatic hydroxyl groups excluding tert-OH is 1. The van der Waals surface area contributed by atoms with E-state index in [1.807, 2.05) is 24.3 Å². The molecule has 0 bridgehead atoms. The monoisotopic (exact) mass is 478 g/mol. The fourth-order valence-corrected chi connectivity index (χ4v) is 4.86. The molecule has 2 aromatic carbocycles. The molecule has 1 saturated carbocycles. The van der Waals surface area contributed by atoms with Gasteiger partial charge in [-0.1, -0.05) is 54.6 Å². The smallest absolute Gasteiger partial charge is 0.289 e. The summed E-state index contributed by atoms with van der Waals surface area (Å²) in [4.78, 5) is 17.6. The first-order valence-corrected chi connectivity index (χ1v) is 12.1. The van der Waals surface area contributed by atoms with Crippen LogP contribution >= 0.6 is 0 Å². The zero-order chi connectivity index (χ0) is 24.7. The van der Waals surface area contributed by atoms with Crippen LogP contribution in [-0.2, 0) is 5.54 Å². The maximum absolute atomic E-state index is 12.5. The lowest BCUT2D eigenvalue weighted by atomic mass is 9.72. The van der Waals surface area contributed by atoms with Gasteiger partial charge in [0.25, 0.3) is 5.91 Å². The average Bonchev–Trinajstić information content (AvgIpc) is 3.35. The zero-order valence-corrected chi connectivity index (χ0v) is 19.7. The molecule has 4 N–H and O–H groups in total. The van der Waals surface area contributed by atoms with Crippen LogP contribution in [0, 0.1) is 0 Å². The number of amides is 1. The third-order valence-corrected chi connectivity index (χ3v) is 7.03. The van der Waals surface area contributed by atoms with Gasteiger partial charge in [-0.15, -0.1) is 10.2 Å². The van der Waals surface area contributed by atoms with Crippen LogP contribution in [0.2, 0.25) is 0 Å². The number of carbonyl (C=O) groups excluding carboxylic acids is 1. The molecule has 3 heterocycles. The van der Waals surface area contributed by atoms with Crippen molar-refractivity contribution >= 4 is 22.5 Å². The molecular weight excluding hydrogens is 452 g/mol. The average molecular weight is 479 g/mol. The number of nitrogens with zero attached hydrogens (tertiary/aromatic N) is 4. The highest BCUT2D eigenvalue weighted by Gasteiger charge is 2.34. The van der Waals surface area contributed by atoms with Crippen LogP contribution in [-0.4, -0.2) is 43.7 Å². The first kappa shape index (κ1) is 22.3. The molecule has 3 aromatic heterocycles. The molecule has 1 aliphatic rings. The zero-order valence-electron chi connectivity index (χ0n) is 19.7. The van der Waals surface area contributed by atoms with E-state index in [9.17, 15) is 4.79 Å². The van der Waals surface area contributed by atoms with Gasteiger partial charge in [-0.25, -0.2) is 4.98 Å². The Kier molecular flexibility index (Phi) is 5.47. The van der Waals surface area contributed by atoms with E-state index in [0.717, 1.165) is 51.7 Å². The Bertz CT molecular complexity index is 1570. The molecule has 0 aliphatic heterocycles. The first-order chi connectivity index (χ1) is 17.6. The summed E-state index contributed by atoms with van der Waals surface area (Å²) >= 11 is 0. The predicted octanol–water partition coefficient (Wildman–Crippen LogP) is 3.67. The van der Waals surface area contributed by atoms with Crippen molar-refractivity contribution < 1.29 is 9.90 Å². The SMILES string of the molecule is NC1(c2ccc(-c3nc4ccn5c(C(=O)NCCO)nnc5c4cc3-c3ccccc3)cc2)CCC1. The van der Waals surface area contributed by atoms with Gasteiger partial charge in [0.1, 0.15) is 0 Å². The van der Waals surface area contributed by atoms with E-state index in [1.165, 1.54) is 6.42 Å². The molecule has 1 aliphatic carbocycles. The third-order valence-electron chi connectivity index (χ3n) is 7.03. The summed E-state index contributed by atoms with van der Waals surface area (Å²) in [5.74, 6) is -0.235. The van der Waals surface area contributed by atoms with Crippen molar-refractivity contribution in [2.75, 3.05) is 13.2 Å². The number of nitrogens with two attached hydrogens (primary N) is 1. The van der Waals surface area contributed by atoms with E-state index in [2.05, 4.69) is 58.0 Å². The van der Waals surface area contributed by atoms with Gasteiger partial charge >= 0.3 is 0 Å².